The van der Waals surface area contributed by atoms with E-state index in [2.05, 4.69) is 31.5 Å². The van der Waals surface area contributed by atoms with Crippen molar-refractivity contribution < 1.29 is 22.7 Å². The second kappa shape index (κ2) is 9.96. The first-order chi connectivity index (χ1) is 20.3. The molecule has 0 bridgehead atoms. The summed E-state index contributed by atoms with van der Waals surface area (Å²) in [5.74, 6) is 3.02. The lowest BCUT2D eigenvalue weighted by atomic mass is 9.74. The van der Waals surface area contributed by atoms with Crippen molar-refractivity contribution in [3.05, 3.63) is 29.6 Å². The number of aromatic nitrogens is 2. The molecule has 0 radical (unpaired) electrons. The first kappa shape index (κ1) is 27.2. The van der Waals surface area contributed by atoms with Gasteiger partial charge in [-0.1, -0.05) is 0 Å². The fourth-order valence-electron chi connectivity index (χ4n) is 7.58. The van der Waals surface area contributed by atoms with Gasteiger partial charge in [0, 0.05) is 30.7 Å². The smallest absolute Gasteiger partial charge is 0.236 e. The number of ether oxygens (including phenoxy) is 2. The van der Waals surface area contributed by atoms with Crippen LogP contribution in [0.2, 0.25) is 0 Å². The van der Waals surface area contributed by atoms with Crippen molar-refractivity contribution in [2.45, 2.75) is 43.3 Å². The number of amides is 1. The summed E-state index contributed by atoms with van der Waals surface area (Å²) in [5, 5.41) is 16.2. The number of anilines is 3. The van der Waals surface area contributed by atoms with Gasteiger partial charge in [-0.3, -0.25) is 10.2 Å². The molecule has 1 spiro atoms. The molecule has 4 N–H and O–H groups in total. The Morgan fingerprint density at radius 1 is 1.14 bits per heavy atom. The van der Waals surface area contributed by atoms with Gasteiger partial charge >= 0.3 is 0 Å². The molecule has 7 rings (SSSR count). The van der Waals surface area contributed by atoms with Crippen LogP contribution in [-0.4, -0.2) is 75.3 Å². The summed E-state index contributed by atoms with van der Waals surface area (Å²) in [4.78, 5) is 23.8. The number of carbonyl (C=O) groups is 1. The number of nitrogens with one attached hydrogen (secondary N) is 4. The third-order valence-corrected chi connectivity index (χ3v) is 11.4. The maximum Gasteiger partial charge on any atom is 0.236 e. The molecular weight excluding hydrogens is 560 g/mol. The molecule has 1 aromatic carbocycles. The topological polar surface area (TPSA) is 171 Å². The molecule has 2 aromatic rings. The molecule has 2 saturated heterocycles. The third kappa shape index (κ3) is 4.33. The Morgan fingerprint density at radius 3 is 2.69 bits per heavy atom. The van der Waals surface area contributed by atoms with Crippen LogP contribution in [-0.2, 0) is 20.0 Å². The predicted octanol–water partition coefficient (Wildman–Crippen LogP) is 1.14. The molecule has 4 unspecified atom stereocenters. The van der Waals surface area contributed by atoms with Crippen LogP contribution < -0.4 is 35.9 Å². The normalized spacial score (nSPS) is 32.5. The van der Waals surface area contributed by atoms with E-state index < -0.39 is 15.3 Å². The first-order valence-electron chi connectivity index (χ1n) is 14.4. The number of nitrogens with zero attached hydrogens (tertiary/aromatic N) is 4. The quantitative estimate of drug-likeness (QED) is 0.377. The molecule has 14 heteroatoms. The summed E-state index contributed by atoms with van der Waals surface area (Å²) in [6.07, 6.45) is 3.56. The monoisotopic (exact) mass is 594 g/mol. The van der Waals surface area contributed by atoms with Crippen LogP contribution in [0, 0.1) is 29.1 Å². The van der Waals surface area contributed by atoms with Crippen LogP contribution in [0.3, 0.4) is 0 Å². The molecule has 4 heterocycles. The van der Waals surface area contributed by atoms with E-state index in [4.69, 9.17) is 9.47 Å². The minimum Gasteiger partial charge on any atom is -0.497 e. The third-order valence-electron chi connectivity index (χ3n) is 9.83. The Labute approximate surface area is 244 Å². The van der Waals surface area contributed by atoms with E-state index in [1.54, 1.807) is 7.11 Å². The van der Waals surface area contributed by atoms with Gasteiger partial charge in [-0.05, 0) is 61.3 Å². The number of carbonyl (C=O) groups excluding carboxylic acids is 1. The number of benzene rings is 1. The second-order valence-corrected chi connectivity index (χ2v) is 14.2. The first-order valence-corrected chi connectivity index (χ1v) is 16.2. The van der Waals surface area contributed by atoms with Crippen LogP contribution in [0.15, 0.2) is 18.2 Å². The maximum atomic E-state index is 13.2. The van der Waals surface area contributed by atoms with Crippen LogP contribution in [0.25, 0.3) is 0 Å². The Balaban J connectivity index is 1.07. The highest BCUT2D eigenvalue weighted by Gasteiger charge is 2.67. The van der Waals surface area contributed by atoms with E-state index in [0.717, 1.165) is 42.7 Å². The van der Waals surface area contributed by atoms with Crippen molar-refractivity contribution in [2.24, 2.45) is 17.8 Å². The number of fused-ring (bicyclic) bond motifs is 3. The molecular formula is C28H34N8O5S. The number of nitriles is 1. The molecule has 1 amide bonds. The van der Waals surface area contributed by atoms with Crippen molar-refractivity contribution in [3.63, 3.8) is 0 Å². The van der Waals surface area contributed by atoms with Crippen molar-refractivity contribution >= 4 is 33.1 Å². The number of hydrogen-bond donors (Lipinski definition) is 4. The lowest BCUT2D eigenvalue weighted by molar-refractivity contribution is -0.118. The van der Waals surface area contributed by atoms with Gasteiger partial charge in [-0.2, -0.15) is 15.2 Å². The van der Waals surface area contributed by atoms with Crippen molar-refractivity contribution in [1.82, 2.24) is 20.8 Å². The van der Waals surface area contributed by atoms with E-state index in [-0.39, 0.29) is 60.4 Å². The van der Waals surface area contributed by atoms with Gasteiger partial charge in [0.05, 0.1) is 37.3 Å². The van der Waals surface area contributed by atoms with E-state index >= 15 is 0 Å². The van der Waals surface area contributed by atoms with Gasteiger partial charge in [0.2, 0.25) is 17.5 Å². The number of hydrazine groups is 1. The fourth-order valence-corrected chi connectivity index (χ4v) is 8.78. The molecule has 13 nitrogen and oxygen atoms in total. The van der Waals surface area contributed by atoms with E-state index in [1.165, 1.54) is 7.11 Å². The number of sulfone groups is 1. The van der Waals surface area contributed by atoms with Crippen LogP contribution >= 0.6 is 0 Å². The van der Waals surface area contributed by atoms with Gasteiger partial charge in [-0.15, -0.1) is 0 Å². The lowest BCUT2D eigenvalue weighted by Crippen LogP contribution is -2.41. The van der Waals surface area contributed by atoms with Gasteiger partial charge in [0.1, 0.15) is 11.8 Å². The van der Waals surface area contributed by atoms with E-state index in [1.807, 2.05) is 29.2 Å². The van der Waals surface area contributed by atoms with Gasteiger partial charge in [0.25, 0.3) is 0 Å². The second-order valence-electron chi connectivity index (χ2n) is 11.9. The molecule has 42 heavy (non-hydrogen) atoms. The number of hydrogen-bond acceptors (Lipinski definition) is 12. The van der Waals surface area contributed by atoms with Gasteiger partial charge in [0.15, 0.2) is 21.5 Å². The zero-order valence-electron chi connectivity index (χ0n) is 23.5. The Kier molecular flexibility index (Phi) is 6.45. The van der Waals surface area contributed by atoms with E-state index in [0.29, 0.717) is 23.3 Å². The SMILES string of the molecule is COc1ccc2c(c1)[C@]1(C[C@H]1C1CCC3C(C1)NNC3Nc1nc(C#N)nc(N3CCS(=O)(=O)CC3)c1OC)C(=O)N2. The Morgan fingerprint density at radius 2 is 1.95 bits per heavy atom. The predicted molar refractivity (Wildman–Crippen MR) is 154 cm³/mol. The van der Waals surface area contributed by atoms with Gasteiger partial charge < -0.3 is 25.0 Å². The summed E-state index contributed by atoms with van der Waals surface area (Å²) >= 11 is 0. The molecule has 6 atom stereocenters. The molecule has 3 aliphatic heterocycles. The van der Waals surface area contributed by atoms with Crippen molar-refractivity contribution in [2.75, 3.05) is 54.3 Å². The summed E-state index contributed by atoms with van der Waals surface area (Å²) < 4.78 is 35.1. The highest BCUT2D eigenvalue weighted by Crippen LogP contribution is 2.65. The molecule has 5 aliphatic rings. The number of rotatable bonds is 6. The molecule has 2 aliphatic carbocycles. The maximum absolute atomic E-state index is 13.2. The summed E-state index contributed by atoms with van der Waals surface area (Å²) in [6, 6.07) is 8.05. The number of methoxy groups -OCH3 is 2. The zero-order valence-corrected chi connectivity index (χ0v) is 24.3. The minimum atomic E-state index is -3.09. The minimum absolute atomic E-state index is 0.0151. The highest BCUT2D eigenvalue weighted by atomic mass is 32.2. The summed E-state index contributed by atoms with van der Waals surface area (Å²) in [5.41, 5.74) is 8.33. The molecule has 1 aromatic heterocycles. The van der Waals surface area contributed by atoms with Crippen LogP contribution in [0.5, 0.6) is 11.5 Å². The molecule has 222 valence electrons. The summed E-state index contributed by atoms with van der Waals surface area (Å²) in [6.45, 7) is 0.542. The van der Waals surface area contributed by atoms with Crippen molar-refractivity contribution in [3.8, 4) is 17.6 Å². The standard InChI is InChI=1S/C28H34N8O5S/c1-40-16-4-6-20-18(12-16)28(27(37)30-20)13-19(28)15-3-5-17-21(11-15)34-35-24(17)33-25-23(41-2)26(32-22(14-29)31-25)36-7-9-42(38,39)10-8-36/h4,6,12,15,17,19,21,24,34-35H,3,5,7-11,13H2,1-2H3,(H,30,37)(H,31,32,33)/t15?,17?,19-,21?,24?,28-/m0/s1. The van der Waals surface area contributed by atoms with Crippen molar-refractivity contribution in [1.29, 1.82) is 5.26 Å². The zero-order chi connectivity index (χ0) is 29.2. The van der Waals surface area contributed by atoms with Crippen LogP contribution in [0.1, 0.15) is 37.1 Å². The van der Waals surface area contributed by atoms with E-state index in [9.17, 15) is 18.5 Å². The van der Waals surface area contributed by atoms with Gasteiger partial charge in [-0.25, -0.2) is 13.8 Å². The van der Waals surface area contributed by atoms with Crippen LogP contribution in [0.4, 0.5) is 17.3 Å². The average Bonchev–Trinajstić information content (AvgIpc) is 3.54. The highest BCUT2D eigenvalue weighted by molar-refractivity contribution is 7.91. The lowest BCUT2D eigenvalue weighted by Gasteiger charge is -2.34. The molecule has 2 saturated carbocycles. The average molecular weight is 595 g/mol. The molecule has 4 fully saturated rings. The Bertz CT molecular complexity index is 1580. The largest absolute Gasteiger partial charge is 0.497 e. The summed E-state index contributed by atoms with van der Waals surface area (Å²) in [7, 11) is 0.0780. The Hall–Kier alpha value is -3.67. The fraction of sp³-hybridized carbons (Fsp3) is 0.571.